The molecule has 0 aromatic carbocycles. The highest BCUT2D eigenvalue weighted by Gasteiger charge is 2.23. The van der Waals surface area contributed by atoms with Gasteiger partial charge in [-0.3, -0.25) is 0 Å². The lowest BCUT2D eigenvalue weighted by molar-refractivity contribution is 0.0226. The van der Waals surface area contributed by atoms with Gasteiger partial charge < -0.3 is 9.47 Å². The lowest BCUT2D eigenvalue weighted by Crippen LogP contribution is -2.51. The van der Waals surface area contributed by atoms with Crippen LogP contribution in [0.4, 0.5) is 9.59 Å². The summed E-state index contributed by atoms with van der Waals surface area (Å²) >= 11 is 0. The predicted molar refractivity (Wildman–Crippen MR) is 63.4 cm³/mol. The molecule has 0 saturated carbocycles. The number of carbonyl (C=O) groups is 2. The molecule has 0 aliphatic heterocycles. The molecule has 6 heteroatoms. The van der Waals surface area contributed by atoms with E-state index < -0.39 is 17.8 Å². The number of amides is 2. The molecule has 0 radical (unpaired) electrons. The minimum absolute atomic E-state index is 0.221. The molecule has 1 N–H and O–H groups in total. The fourth-order valence-corrected chi connectivity index (χ4v) is 0.978. The van der Waals surface area contributed by atoms with Gasteiger partial charge in [0.05, 0.1) is 12.6 Å². The molecule has 0 atom stereocenters. The molecular formula is C11H22N2O4. The first-order valence-electron chi connectivity index (χ1n) is 5.63. The van der Waals surface area contributed by atoms with Gasteiger partial charge in [-0.15, -0.1) is 0 Å². The number of rotatable bonds is 2. The van der Waals surface area contributed by atoms with E-state index in [0.29, 0.717) is 0 Å². The Hall–Kier alpha value is -1.46. The Morgan fingerprint density at radius 3 is 2.18 bits per heavy atom. The Balaban J connectivity index is 4.46. The maximum Gasteiger partial charge on any atom is 0.428 e. The molecule has 0 aromatic rings. The second kappa shape index (κ2) is 6.32. The first-order valence-corrected chi connectivity index (χ1v) is 5.63. The van der Waals surface area contributed by atoms with E-state index in [-0.39, 0.29) is 12.6 Å². The maximum absolute atomic E-state index is 11.5. The van der Waals surface area contributed by atoms with E-state index in [4.69, 9.17) is 9.47 Å². The molecule has 0 aliphatic carbocycles. The van der Waals surface area contributed by atoms with Crippen LogP contribution >= 0.6 is 0 Å². The summed E-state index contributed by atoms with van der Waals surface area (Å²) in [6, 6.07) is -0.221. The minimum atomic E-state index is -0.681. The summed E-state index contributed by atoms with van der Waals surface area (Å²) < 4.78 is 9.86. The lowest BCUT2D eigenvalue weighted by Gasteiger charge is -2.27. The lowest BCUT2D eigenvalue weighted by atomic mass is 10.2. The number of carbonyl (C=O) groups excluding carboxylic acids is 2. The highest BCUT2D eigenvalue weighted by Crippen LogP contribution is 2.07. The fourth-order valence-electron chi connectivity index (χ4n) is 0.978. The zero-order chi connectivity index (χ0) is 13.6. The zero-order valence-corrected chi connectivity index (χ0v) is 11.4. The van der Waals surface area contributed by atoms with E-state index in [9.17, 15) is 9.59 Å². The first-order chi connectivity index (χ1) is 7.67. The Morgan fingerprint density at radius 2 is 1.82 bits per heavy atom. The predicted octanol–water partition coefficient (Wildman–Crippen LogP) is 2.29. The molecule has 0 spiro atoms. The van der Waals surface area contributed by atoms with E-state index in [0.717, 1.165) is 5.01 Å². The molecule has 0 bridgehead atoms. The van der Waals surface area contributed by atoms with Gasteiger partial charge in [0.25, 0.3) is 0 Å². The monoisotopic (exact) mass is 246 g/mol. The van der Waals surface area contributed by atoms with Crippen LogP contribution in [0.15, 0.2) is 0 Å². The van der Waals surface area contributed by atoms with Gasteiger partial charge in [0, 0.05) is 0 Å². The number of hydrogen-bond donors (Lipinski definition) is 1. The average molecular weight is 246 g/mol. The molecule has 2 amide bonds. The highest BCUT2D eigenvalue weighted by atomic mass is 16.6. The molecule has 6 nitrogen and oxygen atoms in total. The molecule has 0 rings (SSSR count). The van der Waals surface area contributed by atoms with Crippen LogP contribution in [-0.2, 0) is 9.47 Å². The van der Waals surface area contributed by atoms with Crippen LogP contribution < -0.4 is 5.43 Å². The SMILES string of the molecule is CCOC(=O)N(NC(=O)OC(C)(C)C)C(C)C. The molecule has 100 valence electrons. The fraction of sp³-hybridized carbons (Fsp3) is 0.818. The molecule has 0 aliphatic rings. The number of hydrazine groups is 1. The molecule has 0 fully saturated rings. The van der Waals surface area contributed by atoms with Crippen LogP contribution in [-0.4, -0.2) is 35.4 Å². The van der Waals surface area contributed by atoms with E-state index >= 15 is 0 Å². The first kappa shape index (κ1) is 15.5. The Labute approximate surface area is 102 Å². The average Bonchev–Trinajstić information content (AvgIpc) is 2.11. The Morgan fingerprint density at radius 1 is 1.29 bits per heavy atom. The van der Waals surface area contributed by atoms with Crippen molar-refractivity contribution in [1.82, 2.24) is 10.4 Å². The summed E-state index contributed by atoms with van der Waals surface area (Å²) in [6.07, 6.45) is -1.28. The van der Waals surface area contributed by atoms with Gasteiger partial charge in [-0.2, -0.15) is 0 Å². The molecule has 17 heavy (non-hydrogen) atoms. The number of nitrogens with one attached hydrogen (secondary N) is 1. The standard InChI is InChI=1S/C11H22N2O4/c1-7-16-10(15)13(8(2)3)12-9(14)17-11(4,5)6/h8H,7H2,1-6H3,(H,12,14). The number of nitrogens with zero attached hydrogens (tertiary/aromatic N) is 1. The molecule has 0 unspecified atom stereocenters. The van der Waals surface area contributed by atoms with Crippen molar-refractivity contribution in [2.24, 2.45) is 0 Å². The number of hydrogen-bond acceptors (Lipinski definition) is 4. The van der Waals surface area contributed by atoms with Gasteiger partial charge >= 0.3 is 12.2 Å². The second-order valence-corrected chi connectivity index (χ2v) is 4.78. The van der Waals surface area contributed by atoms with Crippen LogP contribution in [0.5, 0.6) is 0 Å². The van der Waals surface area contributed by atoms with E-state index in [1.807, 2.05) is 0 Å². The van der Waals surface area contributed by atoms with Gasteiger partial charge in [0.2, 0.25) is 0 Å². The molecule has 0 heterocycles. The van der Waals surface area contributed by atoms with Crippen molar-refractivity contribution in [2.45, 2.75) is 53.2 Å². The molecule has 0 aromatic heterocycles. The van der Waals surface area contributed by atoms with Crippen molar-refractivity contribution in [2.75, 3.05) is 6.61 Å². The van der Waals surface area contributed by atoms with Crippen LogP contribution in [0, 0.1) is 0 Å². The third-order valence-electron chi connectivity index (χ3n) is 1.59. The third-order valence-corrected chi connectivity index (χ3v) is 1.59. The Bertz CT molecular complexity index is 271. The quantitative estimate of drug-likeness (QED) is 0.759. The van der Waals surface area contributed by atoms with Crippen LogP contribution in [0.2, 0.25) is 0 Å². The normalized spacial score (nSPS) is 11.0. The van der Waals surface area contributed by atoms with Gasteiger partial charge in [0.15, 0.2) is 0 Å². The summed E-state index contributed by atoms with van der Waals surface area (Å²) in [5.74, 6) is 0. The minimum Gasteiger partial charge on any atom is -0.448 e. The van der Waals surface area contributed by atoms with Gasteiger partial charge in [-0.05, 0) is 41.5 Å². The van der Waals surface area contributed by atoms with E-state index in [2.05, 4.69) is 5.43 Å². The van der Waals surface area contributed by atoms with Crippen LogP contribution in [0.3, 0.4) is 0 Å². The summed E-state index contributed by atoms with van der Waals surface area (Å²) in [6.45, 7) is 10.7. The van der Waals surface area contributed by atoms with Crippen LogP contribution in [0.1, 0.15) is 41.5 Å². The van der Waals surface area contributed by atoms with Gasteiger partial charge in [0.1, 0.15) is 5.60 Å². The van der Waals surface area contributed by atoms with Crippen molar-refractivity contribution in [3.63, 3.8) is 0 Å². The smallest absolute Gasteiger partial charge is 0.428 e. The zero-order valence-electron chi connectivity index (χ0n) is 11.4. The van der Waals surface area contributed by atoms with Gasteiger partial charge in [-0.1, -0.05) is 0 Å². The topological polar surface area (TPSA) is 67.9 Å². The summed E-state index contributed by atoms with van der Waals surface area (Å²) in [7, 11) is 0. The van der Waals surface area contributed by atoms with Crippen molar-refractivity contribution in [1.29, 1.82) is 0 Å². The van der Waals surface area contributed by atoms with Crippen LogP contribution in [0.25, 0.3) is 0 Å². The largest absolute Gasteiger partial charge is 0.448 e. The molecule has 0 saturated heterocycles. The summed E-state index contributed by atoms with van der Waals surface area (Å²) in [5, 5.41) is 1.09. The van der Waals surface area contributed by atoms with Gasteiger partial charge in [-0.25, -0.2) is 20.0 Å². The summed E-state index contributed by atoms with van der Waals surface area (Å²) in [4.78, 5) is 23.0. The van der Waals surface area contributed by atoms with Crippen molar-refractivity contribution in [3.8, 4) is 0 Å². The van der Waals surface area contributed by atoms with Crippen molar-refractivity contribution >= 4 is 12.2 Å². The second-order valence-electron chi connectivity index (χ2n) is 4.78. The van der Waals surface area contributed by atoms with Crippen molar-refractivity contribution in [3.05, 3.63) is 0 Å². The highest BCUT2D eigenvalue weighted by molar-refractivity contribution is 5.74. The van der Waals surface area contributed by atoms with E-state index in [1.165, 1.54) is 0 Å². The van der Waals surface area contributed by atoms with Crippen molar-refractivity contribution < 1.29 is 19.1 Å². The Kier molecular flexibility index (Phi) is 5.78. The third kappa shape index (κ3) is 6.65. The number of ether oxygens (including phenoxy) is 2. The molecular weight excluding hydrogens is 224 g/mol. The maximum atomic E-state index is 11.5. The van der Waals surface area contributed by atoms with E-state index in [1.54, 1.807) is 41.5 Å². The summed E-state index contributed by atoms with van der Waals surface area (Å²) in [5.41, 5.74) is 1.75.